The maximum atomic E-state index is 11.6. The number of rotatable bonds is 5. The van der Waals surface area contributed by atoms with Crippen LogP contribution in [0, 0.1) is 0 Å². The second-order valence-electron chi connectivity index (χ2n) is 3.57. The first kappa shape index (κ1) is 13.8. The number of sulfonamides is 1. The van der Waals surface area contributed by atoms with E-state index in [0.717, 1.165) is 5.69 Å². The second-order valence-corrected chi connectivity index (χ2v) is 5.43. The van der Waals surface area contributed by atoms with E-state index in [1.54, 1.807) is 24.1 Å². The van der Waals surface area contributed by atoms with Crippen LogP contribution < -0.4 is 15.4 Å². The lowest BCUT2D eigenvalue weighted by atomic mass is 10.2. The standard InChI is InChI=1S/C10H17N3O3S/c1-12-17(15,16)10-4-3-8(7-9(10)11)13(2)5-6-14/h3-4,7,12,14H,5-6,11H2,1-2H3. The summed E-state index contributed by atoms with van der Waals surface area (Å²) in [4.78, 5) is 1.84. The average molecular weight is 259 g/mol. The molecule has 0 aliphatic heterocycles. The highest BCUT2D eigenvalue weighted by molar-refractivity contribution is 7.89. The highest BCUT2D eigenvalue weighted by atomic mass is 32.2. The lowest BCUT2D eigenvalue weighted by molar-refractivity contribution is 0.304. The zero-order chi connectivity index (χ0) is 13.1. The molecule has 0 spiro atoms. The Bertz CT molecular complexity index is 488. The van der Waals surface area contributed by atoms with E-state index in [4.69, 9.17) is 10.8 Å². The maximum Gasteiger partial charge on any atom is 0.242 e. The third-order valence-electron chi connectivity index (χ3n) is 2.43. The van der Waals surface area contributed by atoms with Crippen molar-refractivity contribution in [3.8, 4) is 0 Å². The summed E-state index contributed by atoms with van der Waals surface area (Å²) in [7, 11) is -0.404. The van der Waals surface area contributed by atoms with Gasteiger partial charge in [0.1, 0.15) is 4.90 Å². The van der Waals surface area contributed by atoms with Gasteiger partial charge in [-0.3, -0.25) is 0 Å². The first-order chi connectivity index (χ1) is 7.92. The van der Waals surface area contributed by atoms with E-state index in [1.165, 1.54) is 13.1 Å². The summed E-state index contributed by atoms with van der Waals surface area (Å²) in [5.74, 6) is 0. The molecular formula is C10H17N3O3S. The highest BCUT2D eigenvalue weighted by Crippen LogP contribution is 2.23. The predicted molar refractivity (Wildman–Crippen MR) is 67.5 cm³/mol. The molecular weight excluding hydrogens is 242 g/mol. The molecule has 0 bridgehead atoms. The molecule has 0 unspecified atom stereocenters. The summed E-state index contributed by atoms with van der Waals surface area (Å²) in [6.45, 7) is 0.477. The molecule has 96 valence electrons. The molecule has 7 heteroatoms. The maximum absolute atomic E-state index is 11.6. The van der Waals surface area contributed by atoms with Crippen LogP contribution >= 0.6 is 0 Å². The number of aliphatic hydroxyl groups is 1. The number of benzene rings is 1. The molecule has 0 aromatic heterocycles. The molecule has 1 aromatic rings. The largest absolute Gasteiger partial charge is 0.398 e. The molecule has 17 heavy (non-hydrogen) atoms. The number of hydrogen-bond acceptors (Lipinski definition) is 5. The third-order valence-corrected chi connectivity index (χ3v) is 3.92. The Morgan fingerprint density at radius 1 is 1.47 bits per heavy atom. The van der Waals surface area contributed by atoms with Gasteiger partial charge in [-0.1, -0.05) is 0 Å². The van der Waals surface area contributed by atoms with Gasteiger partial charge in [0.15, 0.2) is 0 Å². The molecule has 0 saturated heterocycles. The van der Waals surface area contributed by atoms with Crippen molar-refractivity contribution in [3.63, 3.8) is 0 Å². The lowest BCUT2D eigenvalue weighted by Gasteiger charge is -2.19. The number of anilines is 2. The van der Waals surface area contributed by atoms with Gasteiger partial charge < -0.3 is 15.7 Å². The van der Waals surface area contributed by atoms with Crippen molar-refractivity contribution in [1.82, 2.24) is 4.72 Å². The van der Waals surface area contributed by atoms with Crippen molar-refractivity contribution in [2.75, 3.05) is 37.9 Å². The molecule has 0 heterocycles. The number of likely N-dealkylation sites (N-methyl/N-ethyl adjacent to an activating group) is 1. The zero-order valence-electron chi connectivity index (χ0n) is 9.84. The highest BCUT2D eigenvalue weighted by Gasteiger charge is 2.15. The quantitative estimate of drug-likeness (QED) is 0.626. The second kappa shape index (κ2) is 5.35. The molecule has 0 radical (unpaired) electrons. The van der Waals surface area contributed by atoms with Crippen molar-refractivity contribution in [1.29, 1.82) is 0 Å². The smallest absolute Gasteiger partial charge is 0.242 e. The zero-order valence-corrected chi connectivity index (χ0v) is 10.7. The van der Waals surface area contributed by atoms with Gasteiger partial charge in [0, 0.05) is 19.3 Å². The van der Waals surface area contributed by atoms with Crippen LogP contribution in [0.4, 0.5) is 11.4 Å². The van der Waals surface area contributed by atoms with Crippen molar-refractivity contribution < 1.29 is 13.5 Å². The van der Waals surface area contributed by atoms with Crippen LogP contribution in [0.2, 0.25) is 0 Å². The molecule has 6 nitrogen and oxygen atoms in total. The first-order valence-corrected chi connectivity index (χ1v) is 6.55. The molecule has 0 atom stereocenters. The SMILES string of the molecule is CNS(=O)(=O)c1ccc(N(C)CCO)cc1N. The number of nitrogens with zero attached hydrogens (tertiary/aromatic N) is 1. The van der Waals surface area contributed by atoms with Crippen LogP contribution in [0.3, 0.4) is 0 Å². The van der Waals surface area contributed by atoms with Gasteiger partial charge in [-0.15, -0.1) is 0 Å². The third kappa shape index (κ3) is 3.09. The van der Waals surface area contributed by atoms with Gasteiger partial charge >= 0.3 is 0 Å². The van der Waals surface area contributed by atoms with E-state index >= 15 is 0 Å². The summed E-state index contributed by atoms with van der Waals surface area (Å²) in [5, 5.41) is 8.81. The summed E-state index contributed by atoms with van der Waals surface area (Å²) < 4.78 is 25.4. The Labute approximate surface area is 101 Å². The molecule has 4 N–H and O–H groups in total. The Hall–Kier alpha value is -1.31. The van der Waals surface area contributed by atoms with Crippen LogP contribution in [0.1, 0.15) is 0 Å². The molecule has 0 aliphatic rings. The van der Waals surface area contributed by atoms with Crippen LogP contribution in [0.15, 0.2) is 23.1 Å². The van der Waals surface area contributed by atoms with Crippen LogP contribution in [-0.4, -0.2) is 40.8 Å². The fourth-order valence-electron chi connectivity index (χ4n) is 1.41. The number of aliphatic hydroxyl groups excluding tert-OH is 1. The summed E-state index contributed by atoms with van der Waals surface area (Å²) >= 11 is 0. The minimum Gasteiger partial charge on any atom is -0.398 e. The van der Waals surface area contributed by atoms with Gasteiger partial charge in [0.05, 0.1) is 12.3 Å². The number of nitrogens with one attached hydrogen (secondary N) is 1. The fourth-order valence-corrected chi connectivity index (χ4v) is 2.24. The van der Waals surface area contributed by atoms with Gasteiger partial charge in [0.2, 0.25) is 10.0 Å². The topological polar surface area (TPSA) is 95.7 Å². The van der Waals surface area contributed by atoms with Crippen molar-refractivity contribution >= 4 is 21.4 Å². The van der Waals surface area contributed by atoms with E-state index in [2.05, 4.69) is 4.72 Å². The molecule has 0 amide bonds. The molecule has 0 saturated carbocycles. The monoisotopic (exact) mass is 259 g/mol. The molecule has 0 aliphatic carbocycles. The molecule has 1 aromatic carbocycles. The number of hydrogen-bond donors (Lipinski definition) is 3. The van der Waals surface area contributed by atoms with Crippen LogP contribution in [0.5, 0.6) is 0 Å². The van der Waals surface area contributed by atoms with E-state index in [1.807, 2.05) is 0 Å². The van der Waals surface area contributed by atoms with E-state index in [0.29, 0.717) is 6.54 Å². The minimum absolute atomic E-state index is 0.0208. The summed E-state index contributed by atoms with van der Waals surface area (Å²) in [5.41, 5.74) is 6.65. The van der Waals surface area contributed by atoms with Crippen LogP contribution in [0.25, 0.3) is 0 Å². The van der Waals surface area contributed by atoms with Gasteiger partial charge in [-0.25, -0.2) is 13.1 Å². The average Bonchev–Trinajstić information content (AvgIpc) is 2.29. The van der Waals surface area contributed by atoms with Gasteiger partial charge in [0.25, 0.3) is 0 Å². The van der Waals surface area contributed by atoms with Crippen molar-refractivity contribution in [2.24, 2.45) is 0 Å². The van der Waals surface area contributed by atoms with Crippen molar-refractivity contribution in [2.45, 2.75) is 4.90 Å². The first-order valence-electron chi connectivity index (χ1n) is 5.07. The Kier molecular flexibility index (Phi) is 4.33. The van der Waals surface area contributed by atoms with Gasteiger partial charge in [-0.05, 0) is 25.2 Å². The predicted octanol–water partition coefficient (Wildman–Crippen LogP) is -0.395. The van der Waals surface area contributed by atoms with E-state index in [-0.39, 0.29) is 17.2 Å². The Morgan fingerprint density at radius 2 is 2.12 bits per heavy atom. The van der Waals surface area contributed by atoms with E-state index in [9.17, 15) is 8.42 Å². The molecule has 0 fully saturated rings. The Morgan fingerprint density at radius 3 is 2.59 bits per heavy atom. The van der Waals surface area contributed by atoms with E-state index < -0.39 is 10.0 Å². The number of nitrogen functional groups attached to an aromatic ring is 1. The lowest BCUT2D eigenvalue weighted by Crippen LogP contribution is -2.23. The molecule has 1 rings (SSSR count). The van der Waals surface area contributed by atoms with Gasteiger partial charge in [-0.2, -0.15) is 0 Å². The minimum atomic E-state index is -3.53. The Balaban J connectivity index is 3.11. The fraction of sp³-hybridized carbons (Fsp3) is 0.400. The summed E-state index contributed by atoms with van der Waals surface area (Å²) in [6.07, 6.45) is 0. The van der Waals surface area contributed by atoms with Crippen molar-refractivity contribution in [3.05, 3.63) is 18.2 Å². The normalized spacial score (nSPS) is 11.5. The van der Waals surface area contributed by atoms with Crippen LogP contribution in [-0.2, 0) is 10.0 Å². The number of nitrogens with two attached hydrogens (primary N) is 1. The summed E-state index contributed by atoms with van der Waals surface area (Å²) in [6, 6.07) is 4.67.